The van der Waals surface area contributed by atoms with Crippen molar-refractivity contribution in [2.75, 3.05) is 0 Å². The van der Waals surface area contributed by atoms with E-state index in [0.29, 0.717) is 12.8 Å². The lowest BCUT2D eigenvalue weighted by Crippen LogP contribution is -2.52. The number of piperidine rings is 2. The van der Waals surface area contributed by atoms with Gasteiger partial charge in [-0.3, -0.25) is 9.69 Å². The second kappa shape index (κ2) is 8.23. The summed E-state index contributed by atoms with van der Waals surface area (Å²) in [6, 6.07) is 15.5. The van der Waals surface area contributed by atoms with Gasteiger partial charge in [0, 0.05) is 30.1 Å². The third-order valence-electron chi connectivity index (χ3n) is 6.44. The number of hydrogen-bond donors (Lipinski definition) is 0. The molecule has 2 fully saturated rings. The van der Waals surface area contributed by atoms with Crippen LogP contribution >= 0.6 is 0 Å². The van der Waals surface area contributed by atoms with Gasteiger partial charge in [0.1, 0.15) is 0 Å². The Kier molecular flexibility index (Phi) is 5.66. The summed E-state index contributed by atoms with van der Waals surface area (Å²) in [6.45, 7) is 0.848. The van der Waals surface area contributed by atoms with Crippen molar-refractivity contribution in [3.05, 3.63) is 70.8 Å². The van der Waals surface area contributed by atoms with E-state index in [1.807, 2.05) is 18.2 Å². The number of Topliss-reactive ketones (excluding diaryl/α,β-unsaturated/α-hetero) is 1. The molecule has 0 N–H and O–H groups in total. The molecular formula is C24H23F3N2O. The Morgan fingerprint density at radius 3 is 2.33 bits per heavy atom. The fourth-order valence-electron chi connectivity index (χ4n) is 4.99. The summed E-state index contributed by atoms with van der Waals surface area (Å²) in [5, 5.41) is 9.35. The summed E-state index contributed by atoms with van der Waals surface area (Å²) < 4.78 is 38.9. The first kappa shape index (κ1) is 20.6. The van der Waals surface area contributed by atoms with Crippen LogP contribution in [0.1, 0.15) is 59.2 Å². The predicted molar refractivity (Wildman–Crippen MR) is 107 cm³/mol. The van der Waals surface area contributed by atoms with Crippen LogP contribution in [0.5, 0.6) is 0 Å². The van der Waals surface area contributed by atoms with Crippen LogP contribution < -0.4 is 0 Å². The number of rotatable bonds is 4. The van der Waals surface area contributed by atoms with Crippen LogP contribution in [0, 0.1) is 17.2 Å². The lowest BCUT2D eigenvalue weighted by atomic mass is 9.75. The smallest absolute Gasteiger partial charge is 0.294 e. The van der Waals surface area contributed by atoms with Crippen molar-refractivity contribution >= 4 is 5.78 Å². The van der Waals surface area contributed by atoms with Crippen molar-refractivity contribution in [3.63, 3.8) is 0 Å². The molecule has 2 aromatic carbocycles. The lowest BCUT2D eigenvalue weighted by molar-refractivity contribution is -0.137. The maximum atomic E-state index is 13.2. The highest BCUT2D eigenvalue weighted by atomic mass is 19.4. The van der Waals surface area contributed by atoms with E-state index in [9.17, 15) is 23.2 Å². The molecule has 2 unspecified atom stereocenters. The number of hydrogen-bond acceptors (Lipinski definition) is 3. The normalized spacial score (nSPS) is 24.3. The second-order valence-electron chi connectivity index (χ2n) is 8.30. The molecule has 3 nitrogen and oxygen atoms in total. The highest BCUT2D eigenvalue weighted by molar-refractivity contribution is 6.00. The number of carbonyl (C=O) groups is 1. The molecule has 0 spiro atoms. The van der Waals surface area contributed by atoms with Gasteiger partial charge in [-0.15, -0.1) is 0 Å². The van der Waals surface area contributed by atoms with Crippen LogP contribution in [-0.4, -0.2) is 22.8 Å². The summed E-state index contributed by atoms with van der Waals surface area (Å²) >= 11 is 0. The summed E-state index contributed by atoms with van der Waals surface area (Å²) in [5.41, 5.74) is 0.274. The van der Waals surface area contributed by atoms with Gasteiger partial charge >= 0.3 is 6.18 Å². The zero-order valence-electron chi connectivity index (χ0n) is 16.5. The van der Waals surface area contributed by atoms with Crippen molar-refractivity contribution in [1.82, 2.24) is 4.90 Å². The van der Waals surface area contributed by atoms with E-state index >= 15 is 0 Å². The largest absolute Gasteiger partial charge is 0.416 e. The lowest BCUT2D eigenvalue weighted by Gasteiger charge is -2.48. The molecule has 2 aliphatic rings. The van der Waals surface area contributed by atoms with Crippen molar-refractivity contribution in [3.8, 4) is 6.07 Å². The Labute approximate surface area is 174 Å². The second-order valence-corrected chi connectivity index (χ2v) is 8.30. The number of alkyl halides is 3. The molecule has 0 amide bonds. The van der Waals surface area contributed by atoms with E-state index in [-0.39, 0.29) is 34.9 Å². The Bertz CT molecular complexity index is 951. The number of halogens is 3. The zero-order valence-corrected chi connectivity index (χ0v) is 16.5. The monoisotopic (exact) mass is 412 g/mol. The molecule has 2 aromatic rings. The van der Waals surface area contributed by atoms with Crippen molar-refractivity contribution in [2.45, 2.75) is 56.9 Å². The van der Waals surface area contributed by atoms with E-state index in [2.05, 4.69) is 17.0 Å². The molecule has 2 atom stereocenters. The Morgan fingerprint density at radius 1 is 1.07 bits per heavy atom. The van der Waals surface area contributed by atoms with Gasteiger partial charge in [0.15, 0.2) is 5.78 Å². The number of benzene rings is 2. The third kappa shape index (κ3) is 4.13. The fourth-order valence-corrected chi connectivity index (χ4v) is 4.99. The minimum atomic E-state index is -4.53. The topological polar surface area (TPSA) is 44.1 Å². The maximum Gasteiger partial charge on any atom is 0.416 e. The van der Waals surface area contributed by atoms with Crippen LogP contribution in [0.3, 0.4) is 0 Å². The van der Waals surface area contributed by atoms with Crippen LogP contribution in [0.25, 0.3) is 0 Å². The van der Waals surface area contributed by atoms with Gasteiger partial charge in [0.2, 0.25) is 0 Å². The summed E-state index contributed by atoms with van der Waals surface area (Å²) in [4.78, 5) is 15.7. The van der Waals surface area contributed by atoms with Gasteiger partial charge in [-0.2, -0.15) is 18.4 Å². The molecule has 2 heterocycles. The minimum absolute atomic E-state index is 0.116. The molecule has 156 valence electrons. The quantitative estimate of drug-likeness (QED) is 0.615. The van der Waals surface area contributed by atoms with Gasteiger partial charge < -0.3 is 0 Å². The molecular weight excluding hydrogens is 389 g/mol. The first-order valence-electron chi connectivity index (χ1n) is 10.3. The fraction of sp³-hybridized carbons (Fsp3) is 0.417. The number of ketones is 1. The molecule has 2 aliphatic heterocycles. The first-order chi connectivity index (χ1) is 14.4. The molecule has 0 radical (unpaired) electrons. The maximum absolute atomic E-state index is 13.2. The van der Waals surface area contributed by atoms with Crippen LogP contribution in [-0.2, 0) is 12.7 Å². The average Bonchev–Trinajstić information content (AvgIpc) is 2.72. The van der Waals surface area contributed by atoms with Crippen LogP contribution in [0.4, 0.5) is 13.2 Å². The predicted octanol–water partition coefficient (Wildman–Crippen LogP) is 5.59. The average molecular weight is 412 g/mol. The minimum Gasteiger partial charge on any atom is -0.294 e. The molecule has 4 rings (SSSR count). The standard InChI is InChI=1S/C24H23F3N2O/c25-24(26,27)19-9-10-22(18(11-19)14-28)23(30)17-12-20-7-4-8-21(13-17)29(20)15-16-5-2-1-3-6-16/h1-3,5-6,9-11,17,20-21H,4,7-8,12-13,15H2. The summed E-state index contributed by atoms with van der Waals surface area (Å²) in [5.74, 6) is -0.451. The van der Waals surface area contributed by atoms with E-state index in [4.69, 9.17) is 0 Å². The molecule has 2 saturated heterocycles. The number of fused-ring (bicyclic) bond motifs is 2. The zero-order chi connectivity index (χ0) is 21.3. The molecule has 2 bridgehead atoms. The SMILES string of the molecule is N#Cc1cc(C(F)(F)F)ccc1C(=O)C1CC2CCCC(C1)N2Cc1ccccc1. The highest BCUT2D eigenvalue weighted by Gasteiger charge is 2.41. The van der Waals surface area contributed by atoms with Crippen LogP contribution in [0.2, 0.25) is 0 Å². The highest BCUT2D eigenvalue weighted by Crippen LogP contribution is 2.40. The van der Waals surface area contributed by atoms with Gasteiger partial charge in [-0.05, 0) is 49.4 Å². The van der Waals surface area contributed by atoms with Gasteiger partial charge in [0.05, 0.1) is 17.2 Å². The molecule has 6 heteroatoms. The van der Waals surface area contributed by atoms with Crippen molar-refractivity contribution < 1.29 is 18.0 Å². The number of nitriles is 1. The molecule has 0 aliphatic carbocycles. The van der Waals surface area contributed by atoms with E-state index < -0.39 is 11.7 Å². The Morgan fingerprint density at radius 2 is 1.73 bits per heavy atom. The number of nitrogens with zero attached hydrogens (tertiary/aromatic N) is 2. The van der Waals surface area contributed by atoms with E-state index in [1.165, 1.54) is 11.6 Å². The van der Waals surface area contributed by atoms with Crippen LogP contribution in [0.15, 0.2) is 48.5 Å². The third-order valence-corrected chi connectivity index (χ3v) is 6.44. The van der Waals surface area contributed by atoms with Gasteiger partial charge in [-0.1, -0.05) is 36.8 Å². The summed E-state index contributed by atoms with van der Waals surface area (Å²) in [6.07, 6.45) is 0.0107. The van der Waals surface area contributed by atoms with Gasteiger partial charge in [-0.25, -0.2) is 0 Å². The molecule has 30 heavy (non-hydrogen) atoms. The van der Waals surface area contributed by atoms with Gasteiger partial charge in [0.25, 0.3) is 0 Å². The summed E-state index contributed by atoms with van der Waals surface area (Å²) in [7, 11) is 0. The van der Waals surface area contributed by atoms with Crippen molar-refractivity contribution in [2.24, 2.45) is 5.92 Å². The first-order valence-corrected chi connectivity index (χ1v) is 10.3. The molecule has 0 saturated carbocycles. The van der Waals surface area contributed by atoms with E-state index in [1.54, 1.807) is 6.07 Å². The molecule has 0 aromatic heterocycles. The Balaban J connectivity index is 1.54. The van der Waals surface area contributed by atoms with Crippen molar-refractivity contribution in [1.29, 1.82) is 5.26 Å². The Hall–Kier alpha value is -2.65. The van der Waals surface area contributed by atoms with E-state index in [0.717, 1.165) is 37.9 Å². The number of carbonyl (C=O) groups excluding carboxylic acids is 1.